The molecule has 5 nitrogen and oxygen atoms in total. The third-order valence-corrected chi connectivity index (χ3v) is 3.39. The maximum atomic E-state index is 12.4. The Bertz CT molecular complexity index is 719. The normalized spacial score (nSPS) is 11.2. The molecule has 0 saturated heterocycles. The van der Waals surface area contributed by atoms with E-state index in [1.807, 2.05) is 44.2 Å². The van der Waals surface area contributed by atoms with Crippen molar-refractivity contribution in [2.24, 2.45) is 5.16 Å². The number of benzene rings is 2. The molecule has 0 N–H and O–H groups in total. The van der Waals surface area contributed by atoms with Crippen LogP contribution in [0.3, 0.4) is 0 Å². The van der Waals surface area contributed by atoms with Crippen LogP contribution in [0.5, 0.6) is 5.75 Å². The third-order valence-electron chi connectivity index (χ3n) is 3.39. The molecule has 2 aromatic rings. The zero-order valence-electron chi connectivity index (χ0n) is 14.5. The highest BCUT2D eigenvalue weighted by Crippen LogP contribution is 2.17. The fourth-order valence-corrected chi connectivity index (χ4v) is 2.31. The Hall–Kier alpha value is -2.96. The minimum atomic E-state index is -2.86. The molecule has 7 heteroatoms. The van der Waals surface area contributed by atoms with E-state index < -0.39 is 6.61 Å². The summed E-state index contributed by atoms with van der Waals surface area (Å²) >= 11 is 0. The minimum Gasteiger partial charge on any atom is -0.435 e. The molecule has 0 unspecified atom stereocenters. The van der Waals surface area contributed by atoms with Gasteiger partial charge in [0.15, 0.2) is 6.61 Å². The highest BCUT2D eigenvalue weighted by atomic mass is 19.3. The van der Waals surface area contributed by atoms with Crippen LogP contribution in [0.25, 0.3) is 0 Å². The van der Waals surface area contributed by atoms with Gasteiger partial charge >= 0.3 is 6.61 Å². The lowest BCUT2D eigenvalue weighted by atomic mass is 10.2. The van der Waals surface area contributed by atoms with Gasteiger partial charge in [0.1, 0.15) is 5.75 Å². The molecular formula is C19H20F2N2O3. The number of rotatable bonds is 8. The molecule has 0 aliphatic heterocycles. The van der Waals surface area contributed by atoms with Gasteiger partial charge in [-0.25, -0.2) is 0 Å². The van der Waals surface area contributed by atoms with Crippen molar-refractivity contribution in [3.05, 3.63) is 60.2 Å². The number of carbonyl (C=O) groups excluding carboxylic acids is 1. The molecule has 138 valence electrons. The van der Waals surface area contributed by atoms with Crippen LogP contribution in [0.2, 0.25) is 0 Å². The number of nitrogens with zero attached hydrogens (tertiary/aromatic N) is 2. The number of hydrogen-bond donors (Lipinski definition) is 0. The van der Waals surface area contributed by atoms with E-state index in [-0.39, 0.29) is 24.3 Å². The Morgan fingerprint density at radius 2 is 1.77 bits per heavy atom. The van der Waals surface area contributed by atoms with Gasteiger partial charge in [-0.05, 0) is 55.8 Å². The number of carbonyl (C=O) groups is 1. The molecule has 0 aliphatic rings. The van der Waals surface area contributed by atoms with Gasteiger partial charge in [0.2, 0.25) is 0 Å². The van der Waals surface area contributed by atoms with Crippen LogP contribution in [0.1, 0.15) is 19.4 Å². The van der Waals surface area contributed by atoms with E-state index in [1.165, 1.54) is 18.3 Å². The van der Waals surface area contributed by atoms with Crippen molar-refractivity contribution in [3.63, 3.8) is 0 Å². The quantitative estimate of drug-likeness (QED) is 0.525. The Kier molecular flexibility index (Phi) is 7.08. The first kappa shape index (κ1) is 19.4. The van der Waals surface area contributed by atoms with Gasteiger partial charge in [-0.15, -0.1) is 0 Å². The second-order valence-electron chi connectivity index (χ2n) is 5.65. The van der Waals surface area contributed by atoms with E-state index >= 15 is 0 Å². The van der Waals surface area contributed by atoms with E-state index in [9.17, 15) is 13.6 Å². The highest BCUT2D eigenvalue weighted by molar-refractivity contribution is 5.94. The summed E-state index contributed by atoms with van der Waals surface area (Å²) in [6.07, 6.45) is 1.39. The Balaban J connectivity index is 1.89. The molecule has 0 spiro atoms. The lowest BCUT2D eigenvalue weighted by Crippen LogP contribution is -2.39. The molecule has 0 aliphatic carbocycles. The molecule has 0 radical (unpaired) electrons. The SMILES string of the molecule is CC(C)N(C(=O)CO/N=C\c1ccc(OC(F)F)cc1)c1ccccc1. The van der Waals surface area contributed by atoms with Crippen LogP contribution in [0.4, 0.5) is 14.5 Å². The predicted molar refractivity (Wildman–Crippen MR) is 95.7 cm³/mol. The third kappa shape index (κ3) is 5.84. The molecule has 0 saturated carbocycles. The second kappa shape index (κ2) is 9.50. The molecule has 2 rings (SSSR count). The van der Waals surface area contributed by atoms with Gasteiger partial charge in [0, 0.05) is 11.7 Å². The first-order chi connectivity index (χ1) is 12.5. The van der Waals surface area contributed by atoms with E-state index in [1.54, 1.807) is 17.0 Å². The number of anilines is 1. The van der Waals surface area contributed by atoms with Crippen LogP contribution in [-0.2, 0) is 9.63 Å². The van der Waals surface area contributed by atoms with E-state index in [4.69, 9.17) is 4.84 Å². The molecule has 26 heavy (non-hydrogen) atoms. The number of halogens is 2. The lowest BCUT2D eigenvalue weighted by Gasteiger charge is -2.26. The van der Waals surface area contributed by atoms with Crippen LogP contribution >= 0.6 is 0 Å². The predicted octanol–water partition coefficient (Wildman–Crippen LogP) is 4.08. The van der Waals surface area contributed by atoms with Crippen molar-refractivity contribution in [2.75, 3.05) is 11.5 Å². The molecule has 0 fully saturated rings. The van der Waals surface area contributed by atoms with Crippen molar-refractivity contribution in [1.29, 1.82) is 0 Å². The topological polar surface area (TPSA) is 51.1 Å². The van der Waals surface area contributed by atoms with Gasteiger partial charge in [0.05, 0.1) is 6.21 Å². The second-order valence-corrected chi connectivity index (χ2v) is 5.65. The van der Waals surface area contributed by atoms with E-state index in [2.05, 4.69) is 9.89 Å². The standard InChI is InChI=1S/C19H20F2N2O3/c1-14(2)23(16-6-4-3-5-7-16)18(24)13-25-22-12-15-8-10-17(11-9-15)26-19(20)21/h3-12,14,19H,13H2,1-2H3/b22-12-. The Morgan fingerprint density at radius 1 is 1.12 bits per heavy atom. The van der Waals surface area contributed by atoms with Gasteiger partial charge in [-0.1, -0.05) is 23.4 Å². The summed E-state index contributed by atoms with van der Waals surface area (Å²) in [5, 5.41) is 3.75. The minimum absolute atomic E-state index is 0.0279. The van der Waals surface area contributed by atoms with Gasteiger partial charge in [-0.3, -0.25) is 4.79 Å². The number of oxime groups is 1. The summed E-state index contributed by atoms with van der Waals surface area (Å²) in [5.41, 5.74) is 1.41. The first-order valence-corrected chi connectivity index (χ1v) is 8.04. The fourth-order valence-electron chi connectivity index (χ4n) is 2.31. The average molecular weight is 362 g/mol. The number of para-hydroxylation sites is 1. The zero-order chi connectivity index (χ0) is 18.9. The lowest BCUT2D eigenvalue weighted by molar-refractivity contribution is -0.123. The molecule has 0 heterocycles. The highest BCUT2D eigenvalue weighted by Gasteiger charge is 2.19. The van der Waals surface area contributed by atoms with E-state index in [0.717, 1.165) is 5.69 Å². The van der Waals surface area contributed by atoms with Gasteiger partial charge in [0.25, 0.3) is 5.91 Å². The number of alkyl halides is 2. The van der Waals surface area contributed by atoms with Crippen molar-refractivity contribution in [1.82, 2.24) is 0 Å². The number of hydrogen-bond acceptors (Lipinski definition) is 4. The molecule has 1 amide bonds. The number of amides is 1. The summed E-state index contributed by atoms with van der Waals surface area (Å²) in [4.78, 5) is 19.1. The monoisotopic (exact) mass is 362 g/mol. The van der Waals surface area contributed by atoms with Crippen LogP contribution in [-0.4, -0.2) is 31.4 Å². The van der Waals surface area contributed by atoms with Crippen molar-refractivity contribution >= 4 is 17.8 Å². The van der Waals surface area contributed by atoms with Crippen LogP contribution in [0, 0.1) is 0 Å². The molecule has 0 aromatic heterocycles. The summed E-state index contributed by atoms with van der Waals surface area (Å²) in [7, 11) is 0. The smallest absolute Gasteiger partial charge is 0.387 e. The number of ether oxygens (including phenoxy) is 1. The maximum absolute atomic E-state index is 12.4. The first-order valence-electron chi connectivity index (χ1n) is 8.04. The molecule has 0 bridgehead atoms. The van der Waals surface area contributed by atoms with Gasteiger partial charge < -0.3 is 14.5 Å². The van der Waals surface area contributed by atoms with Crippen LogP contribution < -0.4 is 9.64 Å². The summed E-state index contributed by atoms with van der Waals surface area (Å²) in [6.45, 7) is 0.752. The van der Waals surface area contributed by atoms with Crippen LogP contribution in [0.15, 0.2) is 59.8 Å². The largest absolute Gasteiger partial charge is 0.435 e. The molecule has 0 atom stereocenters. The molecular weight excluding hydrogens is 342 g/mol. The Labute approximate surface area is 150 Å². The zero-order valence-corrected chi connectivity index (χ0v) is 14.5. The van der Waals surface area contributed by atoms with Crippen molar-refractivity contribution in [2.45, 2.75) is 26.5 Å². The fraction of sp³-hybridized carbons (Fsp3) is 0.263. The van der Waals surface area contributed by atoms with E-state index in [0.29, 0.717) is 5.56 Å². The summed E-state index contributed by atoms with van der Waals surface area (Å²) < 4.78 is 28.4. The summed E-state index contributed by atoms with van der Waals surface area (Å²) in [5.74, 6) is -0.160. The van der Waals surface area contributed by atoms with Crippen molar-refractivity contribution in [3.8, 4) is 5.75 Å². The summed E-state index contributed by atoms with van der Waals surface area (Å²) in [6, 6.07) is 15.2. The van der Waals surface area contributed by atoms with Gasteiger partial charge in [-0.2, -0.15) is 8.78 Å². The Morgan fingerprint density at radius 3 is 2.35 bits per heavy atom. The maximum Gasteiger partial charge on any atom is 0.387 e. The molecule has 2 aromatic carbocycles. The van der Waals surface area contributed by atoms with Crippen molar-refractivity contribution < 1.29 is 23.1 Å². The average Bonchev–Trinajstić information content (AvgIpc) is 2.60.